The number of ketones is 1. The van der Waals surface area contributed by atoms with Crippen molar-refractivity contribution in [2.75, 3.05) is 13.2 Å². The van der Waals surface area contributed by atoms with Crippen LogP contribution in [0.15, 0.2) is 22.4 Å². The van der Waals surface area contributed by atoms with Gasteiger partial charge in [-0.1, -0.05) is 11.6 Å². The predicted octanol–water partition coefficient (Wildman–Crippen LogP) is 4.05. The molecule has 0 saturated heterocycles. The van der Waals surface area contributed by atoms with Crippen molar-refractivity contribution >= 4 is 39.3 Å². The monoisotopic (exact) mass is 396 g/mol. The molecular weight excluding hydrogens is 386 g/mol. The maximum absolute atomic E-state index is 13.5. The third-order valence-electron chi connectivity index (χ3n) is 2.46. The van der Waals surface area contributed by atoms with Gasteiger partial charge in [0.25, 0.3) is 0 Å². The van der Waals surface area contributed by atoms with E-state index in [9.17, 15) is 18.4 Å². The van der Waals surface area contributed by atoms with Crippen molar-refractivity contribution < 1.29 is 27.8 Å². The Kier molecular flexibility index (Phi) is 6.96. The molecule has 0 aliphatic heterocycles. The zero-order valence-corrected chi connectivity index (χ0v) is 14.1. The van der Waals surface area contributed by atoms with Crippen LogP contribution in [0.4, 0.5) is 8.78 Å². The van der Waals surface area contributed by atoms with Crippen LogP contribution < -0.4 is 0 Å². The Morgan fingerprint density at radius 3 is 2.50 bits per heavy atom. The Balaban J connectivity index is 3.34. The summed E-state index contributed by atoms with van der Waals surface area (Å²) in [5, 5.41) is -0.351. The lowest BCUT2D eigenvalue weighted by molar-refractivity contribution is -0.138. The van der Waals surface area contributed by atoms with Crippen LogP contribution in [-0.4, -0.2) is 25.0 Å². The van der Waals surface area contributed by atoms with Crippen molar-refractivity contribution in [3.63, 3.8) is 0 Å². The highest BCUT2D eigenvalue weighted by molar-refractivity contribution is 9.10. The molecule has 0 saturated carbocycles. The Morgan fingerprint density at radius 2 is 1.95 bits per heavy atom. The van der Waals surface area contributed by atoms with Gasteiger partial charge >= 0.3 is 5.97 Å². The summed E-state index contributed by atoms with van der Waals surface area (Å²) in [6.07, 6.45) is 0.909. The fraction of sp³-hybridized carbons (Fsp3) is 0.286. The minimum absolute atomic E-state index is 0.0325. The van der Waals surface area contributed by atoms with Crippen molar-refractivity contribution in [2.24, 2.45) is 0 Å². The van der Waals surface area contributed by atoms with Gasteiger partial charge in [0, 0.05) is 5.56 Å². The van der Waals surface area contributed by atoms with E-state index >= 15 is 0 Å². The van der Waals surface area contributed by atoms with Gasteiger partial charge in [0.1, 0.15) is 11.8 Å². The molecule has 0 heterocycles. The molecule has 0 aliphatic rings. The van der Waals surface area contributed by atoms with Gasteiger partial charge in [-0.25, -0.2) is 13.6 Å². The van der Waals surface area contributed by atoms with Crippen LogP contribution >= 0.6 is 27.5 Å². The second-order valence-corrected chi connectivity index (χ2v) is 5.06. The Morgan fingerprint density at radius 1 is 1.32 bits per heavy atom. The van der Waals surface area contributed by atoms with E-state index < -0.39 is 33.4 Å². The van der Waals surface area contributed by atoms with E-state index in [1.165, 1.54) is 0 Å². The molecule has 22 heavy (non-hydrogen) atoms. The second-order valence-electron chi connectivity index (χ2n) is 3.88. The fourth-order valence-corrected chi connectivity index (χ4v) is 2.08. The Bertz CT molecular complexity index is 632. The van der Waals surface area contributed by atoms with Gasteiger partial charge < -0.3 is 9.47 Å². The summed E-state index contributed by atoms with van der Waals surface area (Å²) in [4.78, 5) is 24.2. The van der Waals surface area contributed by atoms with Crippen molar-refractivity contribution in [1.29, 1.82) is 0 Å². The molecule has 0 aromatic heterocycles. The van der Waals surface area contributed by atoms with Crippen LogP contribution in [0.5, 0.6) is 0 Å². The summed E-state index contributed by atoms with van der Waals surface area (Å²) >= 11 is 8.58. The molecule has 0 amide bonds. The van der Waals surface area contributed by atoms with E-state index in [-0.39, 0.29) is 23.8 Å². The molecule has 0 unspecified atom stereocenters. The highest BCUT2D eigenvalue weighted by Crippen LogP contribution is 2.32. The van der Waals surface area contributed by atoms with E-state index in [4.69, 9.17) is 21.1 Å². The third kappa shape index (κ3) is 4.04. The number of hydrogen-bond acceptors (Lipinski definition) is 4. The predicted molar refractivity (Wildman–Crippen MR) is 79.7 cm³/mol. The molecule has 8 heteroatoms. The van der Waals surface area contributed by atoms with Crippen molar-refractivity contribution in [1.82, 2.24) is 0 Å². The molecule has 0 aliphatic carbocycles. The van der Waals surface area contributed by atoms with Crippen LogP contribution in [0.2, 0.25) is 5.02 Å². The first-order valence-corrected chi connectivity index (χ1v) is 7.38. The van der Waals surface area contributed by atoms with Crippen molar-refractivity contribution in [2.45, 2.75) is 13.8 Å². The molecule has 0 spiro atoms. The maximum atomic E-state index is 13.5. The average Bonchev–Trinajstić information content (AvgIpc) is 2.49. The number of carbonyl (C=O) groups is 2. The lowest BCUT2D eigenvalue weighted by atomic mass is 10.0. The fourth-order valence-electron chi connectivity index (χ4n) is 1.45. The lowest BCUT2D eigenvalue weighted by Gasteiger charge is -2.10. The van der Waals surface area contributed by atoms with Crippen LogP contribution in [0.25, 0.3) is 0 Å². The van der Waals surface area contributed by atoms with Gasteiger partial charge in [0.15, 0.2) is 11.6 Å². The van der Waals surface area contributed by atoms with E-state index in [0.29, 0.717) is 6.07 Å². The summed E-state index contributed by atoms with van der Waals surface area (Å²) < 4.78 is 36.1. The zero-order valence-electron chi connectivity index (χ0n) is 11.7. The molecule has 1 aromatic rings. The van der Waals surface area contributed by atoms with E-state index in [0.717, 1.165) is 6.26 Å². The Labute approximate surface area is 139 Å². The lowest BCUT2D eigenvalue weighted by Crippen LogP contribution is -2.17. The van der Waals surface area contributed by atoms with Crippen molar-refractivity contribution in [3.05, 3.63) is 44.6 Å². The smallest absolute Gasteiger partial charge is 0.345 e. The average molecular weight is 398 g/mol. The van der Waals surface area contributed by atoms with E-state index in [1.54, 1.807) is 13.8 Å². The minimum Gasteiger partial charge on any atom is -0.500 e. The first-order valence-electron chi connectivity index (χ1n) is 6.21. The molecule has 4 nitrogen and oxygen atoms in total. The van der Waals surface area contributed by atoms with Gasteiger partial charge in [-0.15, -0.1) is 0 Å². The number of ether oxygens (including phenoxy) is 2. The van der Waals surface area contributed by atoms with Crippen LogP contribution in [-0.2, 0) is 14.3 Å². The van der Waals surface area contributed by atoms with Gasteiger partial charge in [-0.3, -0.25) is 4.79 Å². The molecule has 0 N–H and O–H groups in total. The highest BCUT2D eigenvalue weighted by atomic mass is 79.9. The summed E-state index contributed by atoms with van der Waals surface area (Å²) in [5.41, 5.74) is -0.852. The third-order valence-corrected chi connectivity index (χ3v) is 3.82. The maximum Gasteiger partial charge on any atom is 0.345 e. The molecule has 0 atom stereocenters. The largest absolute Gasteiger partial charge is 0.500 e. The number of esters is 1. The van der Waals surface area contributed by atoms with Gasteiger partial charge in [-0.05, 0) is 35.8 Å². The summed E-state index contributed by atoms with van der Waals surface area (Å²) in [6.45, 7) is 3.43. The standard InChI is InChI=1S/C14H12BrClF2O4/c1-3-21-6-8(14(20)22-4-2)13(19)7-5-9(17)12(18)10(15)11(7)16/h5-6H,3-4H2,1-2H3. The number of halogens is 4. The van der Waals surface area contributed by atoms with Gasteiger partial charge in [-0.2, -0.15) is 0 Å². The van der Waals surface area contributed by atoms with Gasteiger partial charge in [0.05, 0.1) is 22.7 Å². The van der Waals surface area contributed by atoms with Gasteiger partial charge in [0.2, 0.25) is 5.78 Å². The quantitative estimate of drug-likeness (QED) is 0.106. The highest BCUT2D eigenvalue weighted by Gasteiger charge is 2.27. The minimum atomic E-state index is -1.28. The van der Waals surface area contributed by atoms with E-state index in [1.807, 2.05) is 0 Å². The molecule has 1 rings (SSSR count). The molecule has 0 radical (unpaired) electrons. The molecule has 0 fully saturated rings. The topological polar surface area (TPSA) is 52.6 Å². The number of rotatable bonds is 6. The number of hydrogen-bond donors (Lipinski definition) is 0. The number of Topliss-reactive ketones (excluding diaryl/α,β-unsaturated/α-hetero) is 1. The molecular formula is C14H12BrClF2O4. The van der Waals surface area contributed by atoms with Crippen molar-refractivity contribution in [3.8, 4) is 0 Å². The van der Waals surface area contributed by atoms with Crippen LogP contribution in [0.3, 0.4) is 0 Å². The van der Waals surface area contributed by atoms with E-state index in [2.05, 4.69) is 15.9 Å². The Hall–Kier alpha value is -1.47. The van der Waals surface area contributed by atoms with Crippen LogP contribution in [0, 0.1) is 11.6 Å². The zero-order chi connectivity index (χ0) is 16.9. The first-order chi connectivity index (χ1) is 10.3. The number of carbonyl (C=O) groups excluding carboxylic acids is 2. The molecule has 0 bridgehead atoms. The normalized spacial score (nSPS) is 11.3. The molecule has 120 valence electrons. The number of benzene rings is 1. The van der Waals surface area contributed by atoms with Crippen LogP contribution in [0.1, 0.15) is 24.2 Å². The summed E-state index contributed by atoms with van der Waals surface area (Å²) in [5.74, 6) is -4.39. The second kappa shape index (κ2) is 8.24. The SMILES string of the molecule is CCOC=C(C(=O)OCC)C(=O)c1cc(F)c(F)c(Br)c1Cl. The molecule has 1 aromatic carbocycles. The summed E-state index contributed by atoms with van der Waals surface area (Å²) in [6, 6.07) is 0.615. The summed E-state index contributed by atoms with van der Waals surface area (Å²) in [7, 11) is 0. The first kappa shape index (κ1) is 18.6.